The van der Waals surface area contributed by atoms with E-state index in [0.29, 0.717) is 6.54 Å². The van der Waals surface area contributed by atoms with E-state index >= 15 is 0 Å². The average molecular weight is 278 g/mol. The number of alkyl carbamates (subject to hydrolysis) is 1. The number of carbonyl (C=O) groups is 1. The fourth-order valence-electron chi connectivity index (χ4n) is 2.07. The van der Waals surface area contributed by atoms with Crippen LogP contribution in [0.2, 0.25) is 0 Å². The van der Waals surface area contributed by atoms with Crippen molar-refractivity contribution in [2.24, 2.45) is 5.73 Å². The van der Waals surface area contributed by atoms with Crippen molar-refractivity contribution >= 4 is 6.09 Å². The minimum atomic E-state index is -0.512. The fraction of sp³-hybridized carbons (Fsp3) is 0.562. The van der Waals surface area contributed by atoms with Crippen molar-refractivity contribution in [2.45, 2.75) is 53.2 Å². The van der Waals surface area contributed by atoms with E-state index < -0.39 is 11.7 Å². The Morgan fingerprint density at radius 2 is 1.75 bits per heavy atom. The van der Waals surface area contributed by atoms with Gasteiger partial charge in [0.1, 0.15) is 5.60 Å². The van der Waals surface area contributed by atoms with Crippen molar-refractivity contribution < 1.29 is 9.53 Å². The minimum Gasteiger partial charge on any atom is -0.444 e. The molecule has 1 rings (SSSR count). The van der Waals surface area contributed by atoms with Gasteiger partial charge in [-0.15, -0.1) is 0 Å². The molecule has 0 heterocycles. The predicted molar refractivity (Wildman–Crippen MR) is 81.8 cm³/mol. The van der Waals surface area contributed by atoms with Crippen LogP contribution >= 0.6 is 0 Å². The first-order valence-corrected chi connectivity index (χ1v) is 6.91. The molecule has 112 valence electrons. The van der Waals surface area contributed by atoms with Crippen LogP contribution < -0.4 is 11.1 Å². The van der Waals surface area contributed by atoms with Crippen molar-refractivity contribution in [3.05, 3.63) is 34.4 Å². The van der Waals surface area contributed by atoms with Gasteiger partial charge < -0.3 is 15.8 Å². The number of hydrogen-bond donors (Lipinski definition) is 2. The maximum absolute atomic E-state index is 11.9. The molecule has 1 aromatic carbocycles. The Labute approximate surface area is 121 Å². The van der Waals surface area contributed by atoms with Crippen LogP contribution in [0.25, 0.3) is 0 Å². The summed E-state index contributed by atoms with van der Waals surface area (Å²) in [5.74, 6) is 0. The van der Waals surface area contributed by atoms with Gasteiger partial charge in [0, 0.05) is 6.54 Å². The molecular weight excluding hydrogens is 252 g/mol. The maximum Gasteiger partial charge on any atom is 0.408 e. The summed E-state index contributed by atoms with van der Waals surface area (Å²) in [6.45, 7) is 12.0. The largest absolute Gasteiger partial charge is 0.444 e. The molecule has 0 fully saturated rings. The maximum atomic E-state index is 11.9. The lowest BCUT2D eigenvalue weighted by molar-refractivity contribution is 0.0505. The molecule has 20 heavy (non-hydrogen) atoms. The molecular formula is C16H26N2O2. The Hall–Kier alpha value is -1.55. The summed E-state index contributed by atoms with van der Waals surface area (Å²) in [6.07, 6.45) is -0.439. The first-order chi connectivity index (χ1) is 9.14. The predicted octanol–water partition coefficient (Wildman–Crippen LogP) is 3.14. The highest BCUT2D eigenvalue weighted by molar-refractivity contribution is 5.68. The Morgan fingerprint density at radius 1 is 1.20 bits per heavy atom. The van der Waals surface area contributed by atoms with E-state index in [-0.39, 0.29) is 6.04 Å². The fourth-order valence-corrected chi connectivity index (χ4v) is 2.07. The van der Waals surface area contributed by atoms with Crippen LogP contribution in [0.15, 0.2) is 12.1 Å². The molecule has 0 radical (unpaired) electrons. The van der Waals surface area contributed by atoms with Crippen LogP contribution in [-0.2, 0) is 4.74 Å². The van der Waals surface area contributed by atoms with Gasteiger partial charge in [-0.05, 0) is 63.8 Å². The number of benzene rings is 1. The molecule has 4 heteroatoms. The van der Waals surface area contributed by atoms with Crippen molar-refractivity contribution in [3.8, 4) is 0 Å². The van der Waals surface area contributed by atoms with E-state index in [0.717, 1.165) is 11.1 Å². The summed E-state index contributed by atoms with van der Waals surface area (Å²) in [5.41, 5.74) is 9.88. The number of nitrogens with two attached hydrogens (primary N) is 1. The topological polar surface area (TPSA) is 64.3 Å². The zero-order valence-corrected chi connectivity index (χ0v) is 13.3. The third kappa shape index (κ3) is 4.53. The second-order valence-corrected chi connectivity index (χ2v) is 6.23. The summed E-state index contributed by atoms with van der Waals surface area (Å²) >= 11 is 0. The van der Waals surface area contributed by atoms with Crippen LogP contribution in [0.1, 0.15) is 49.1 Å². The molecule has 0 aliphatic carbocycles. The zero-order chi connectivity index (χ0) is 15.5. The van der Waals surface area contributed by atoms with Crippen LogP contribution in [0, 0.1) is 20.8 Å². The Balaban J connectivity index is 2.92. The van der Waals surface area contributed by atoms with E-state index in [1.165, 1.54) is 11.1 Å². The summed E-state index contributed by atoms with van der Waals surface area (Å²) in [7, 11) is 0. The molecule has 0 aliphatic rings. The van der Waals surface area contributed by atoms with Crippen molar-refractivity contribution in [1.29, 1.82) is 0 Å². The Morgan fingerprint density at radius 3 is 2.25 bits per heavy atom. The van der Waals surface area contributed by atoms with Gasteiger partial charge >= 0.3 is 6.09 Å². The number of carbonyl (C=O) groups excluding carboxylic acids is 1. The number of rotatable bonds is 3. The third-order valence-corrected chi connectivity index (χ3v) is 3.18. The second kappa shape index (κ2) is 6.27. The monoisotopic (exact) mass is 278 g/mol. The molecule has 0 saturated heterocycles. The Kier molecular flexibility index (Phi) is 5.17. The van der Waals surface area contributed by atoms with Gasteiger partial charge in [-0.25, -0.2) is 4.79 Å². The van der Waals surface area contributed by atoms with Crippen LogP contribution in [0.3, 0.4) is 0 Å². The van der Waals surface area contributed by atoms with E-state index in [9.17, 15) is 4.79 Å². The molecule has 0 bridgehead atoms. The van der Waals surface area contributed by atoms with Gasteiger partial charge in [-0.3, -0.25) is 0 Å². The lowest BCUT2D eigenvalue weighted by Crippen LogP contribution is -2.38. The molecule has 0 saturated carbocycles. The first kappa shape index (κ1) is 16.5. The molecule has 0 aromatic heterocycles. The van der Waals surface area contributed by atoms with Crippen LogP contribution in [0.5, 0.6) is 0 Å². The van der Waals surface area contributed by atoms with Crippen molar-refractivity contribution in [2.75, 3.05) is 6.54 Å². The van der Waals surface area contributed by atoms with E-state index in [4.69, 9.17) is 10.5 Å². The van der Waals surface area contributed by atoms with Crippen molar-refractivity contribution in [1.82, 2.24) is 5.32 Å². The molecule has 0 spiro atoms. The summed E-state index contributed by atoms with van der Waals surface area (Å²) in [5, 5.41) is 2.84. The second-order valence-electron chi connectivity index (χ2n) is 6.23. The highest BCUT2D eigenvalue weighted by Crippen LogP contribution is 2.22. The zero-order valence-electron chi connectivity index (χ0n) is 13.3. The lowest BCUT2D eigenvalue weighted by atomic mass is 9.96. The number of hydrogen-bond acceptors (Lipinski definition) is 3. The lowest BCUT2D eigenvalue weighted by Gasteiger charge is -2.24. The number of ether oxygens (including phenoxy) is 1. The van der Waals surface area contributed by atoms with Crippen molar-refractivity contribution in [3.63, 3.8) is 0 Å². The highest BCUT2D eigenvalue weighted by atomic mass is 16.6. The molecule has 1 aromatic rings. The third-order valence-electron chi connectivity index (χ3n) is 3.18. The van der Waals surface area contributed by atoms with Gasteiger partial charge in [-0.1, -0.05) is 12.1 Å². The van der Waals surface area contributed by atoms with Gasteiger partial charge in [0.15, 0.2) is 0 Å². The quantitative estimate of drug-likeness (QED) is 0.892. The highest BCUT2D eigenvalue weighted by Gasteiger charge is 2.21. The molecule has 4 nitrogen and oxygen atoms in total. The summed E-state index contributed by atoms with van der Waals surface area (Å²) in [6, 6.07) is 3.97. The van der Waals surface area contributed by atoms with Gasteiger partial charge in [0.25, 0.3) is 0 Å². The van der Waals surface area contributed by atoms with Gasteiger partial charge in [0.05, 0.1) is 6.04 Å². The number of aryl methyl sites for hydroxylation is 3. The molecule has 1 atom stereocenters. The van der Waals surface area contributed by atoms with E-state index in [1.807, 2.05) is 27.7 Å². The minimum absolute atomic E-state index is 0.232. The van der Waals surface area contributed by atoms with Crippen LogP contribution in [0.4, 0.5) is 4.79 Å². The Bertz CT molecular complexity index is 490. The molecule has 1 amide bonds. The summed E-state index contributed by atoms with van der Waals surface area (Å²) in [4.78, 5) is 11.9. The normalized spacial score (nSPS) is 12.9. The van der Waals surface area contributed by atoms with Gasteiger partial charge in [0.2, 0.25) is 0 Å². The average Bonchev–Trinajstić information content (AvgIpc) is 2.29. The SMILES string of the molecule is Cc1cc(C)c(C(CN)NC(=O)OC(C)(C)C)cc1C. The van der Waals surface area contributed by atoms with Gasteiger partial charge in [-0.2, -0.15) is 0 Å². The molecule has 3 N–H and O–H groups in total. The molecule has 1 unspecified atom stereocenters. The smallest absolute Gasteiger partial charge is 0.408 e. The van der Waals surface area contributed by atoms with Crippen LogP contribution in [-0.4, -0.2) is 18.2 Å². The number of nitrogens with one attached hydrogen (secondary N) is 1. The summed E-state index contributed by atoms with van der Waals surface area (Å²) < 4.78 is 5.28. The number of amides is 1. The van der Waals surface area contributed by atoms with E-state index in [1.54, 1.807) is 0 Å². The van der Waals surface area contributed by atoms with E-state index in [2.05, 4.69) is 31.3 Å². The molecule has 0 aliphatic heterocycles. The first-order valence-electron chi connectivity index (χ1n) is 6.91. The standard InChI is InChI=1S/C16H26N2O2/c1-10-7-12(3)13(8-11(10)2)14(9-17)18-15(19)20-16(4,5)6/h7-8,14H,9,17H2,1-6H3,(H,18,19).